The van der Waals surface area contributed by atoms with E-state index in [9.17, 15) is 13.2 Å². The van der Waals surface area contributed by atoms with E-state index in [1.165, 1.54) is 0 Å². The van der Waals surface area contributed by atoms with Crippen molar-refractivity contribution in [2.75, 3.05) is 5.32 Å². The van der Waals surface area contributed by atoms with E-state index >= 15 is 0 Å². The van der Waals surface area contributed by atoms with Crippen molar-refractivity contribution >= 4 is 21.6 Å². The third-order valence-corrected chi connectivity index (χ3v) is 6.78. The Kier molecular flexibility index (Phi) is 4.47. The van der Waals surface area contributed by atoms with Crippen LogP contribution in [0.1, 0.15) is 45.1 Å². The van der Waals surface area contributed by atoms with E-state index in [0.29, 0.717) is 24.7 Å². The Morgan fingerprint density at radius 1 is 1.17 bits per heavy atom. The Morgan fingerprint density at radius 3 is 2.74 bits per heavy atom. The van der Waals surface area contributed by atoms with Crippen LogP contribution in [0, 0.1) is 11.8 Å². The van der Waals surface area contributed by atoms with E-state index in [2.05, 4.69) is 23.9 Å². The lowest BCUT2D eigenvalue weighted by molar-refractivity contribution is -0.116. The molecule has 23 heavy (non-hydrogen) atoms. The van der Waals surface area contributed by atoms with Crippen molar-refractivity contribution in [1.29, 1.82) is 0 Å². The molecule has 0 radical (unpaired) electrons. The Morgan fingerprint density at radius 2 is 1.96 bits per heavy atom. The second kappa shape index (κ2) is 6.24. The smallest absolute Gasteiger partial charge is 0.240 e. The van der Waals surface area contributed by atoms with E-state index in [-0.39, 0.29) is 16.8 Å². The van der Waals surface area contributed by atoms with Gasteiger partial charge >= 0.3 is 0 Å². The van der Waals surface area contributed by atoms with Crippen molar-refractivity contribution in [2.24, 2.45) is 11.8 Å². The Balaban J connectivity index is 1.81. The molecule has 1 heterocycles. The first kappa shape index (κ1) is 16.5. The molecule has 5 nitrogen and oxygen atoms in total. The van der Waals surface area contributed by atoms with Crippen LogP contribution in [-0.2, 0) is 21.2 Å². The third kappa shape index (κ3) is 3.43. The van der Waals surface area contributed by atoms with Crippen LogP contribution in [0.5, 0.6) is 0 Å². The average Bonchev–Trinajstić information content (AvgIpc) is 2.51. The molecule has 1 aromatic rings. The minimum absolute atomic E-state index is 0.000477. The van der Waals surface area contributed by atoms with Crippen LogP contribution < -0.4 is 10.0 Å². The summed E-state index contributed by atoms with van der Waals surface area (Å²) < 4.78 is 28.3. The fraction of sp³-hybridized carbons (Fsp3) is 0.588. The number of hydrogen-bond acceptors (Lipinski definition) is 3. The molecule has 3 atom stereocenters. The summed E-state index contributed by atoms with van der Waals surface area (Å²) in [4.78, 5) is 11.7. The van der Waals surface area contributed by atoms with Crippen LogP contribution in [0.3, 0.4) is 0 Å². The number of anilines is 1. The van der Waals surface area contributed by atoms with Crippen molar-refractivity contribution in [2.45, 2.75) is 56.9 Å². The first-order chi connectivity index (χ1) is 10.9. The van der Waals surface area contributed by atoms with E-state index < -0.39 is 10.0 Å². The van der Waals surface area contributed by atoms with E-state index in [4.69, 9.17) is 0 Å². The number of rotatable bonds is 3. The zero-order chi connectivity index (χ0) is 16.6. The molecule has 2 aliphatic rings. The molecule has 2 N–H and O–H groups in total. The lowest BCUT2D eigenvalue weighted by atomic mass is 9.78. The summed E-state index contributed by atoms with van der Waals surface area (Å²) in [5.74, 6) is 0.863. The van der Waals surface area contributed by atoms with Crippen LogP contribution in [0.4, 0.5) is 5.69 Å². The van der Waals surface area contributed by atoms with E-state index in [1.807, 2.05) is 0 Å². The van der Waals surface area contributed by atoms with E-state index in [1.54, 1.807) is 18.2 Å². The van der Waals surface area contributed by atoms with Gasteiger partial charge in [-0.15, -0.1) is 0 Å². The quantitative estimate of drug-likeness (QED) is 0.891. The molecule has 1 aliphatic carbocycles. The van der Waals surface area contributed by atoms with Crippen LogP contribution in [0.25, 0.3) is 0 Å². The number of fused-ring (bicyclic) bond motifs is 1. The highest BCUT2D eigenvalue weighted by Crippen LogP contribution is 2.31. The van der Waals surface area contributed by atoms with Crippen molar-refractivity contribution in [1.82, 2.24) is 4.72 Å². The lowest BCUT2D eigenvalue weighted by Crippen LogP contribution is -2.43. The van der Waals surface area contributed by atoms with Gasteiger partial charge in [0, 0.05) is 18.2 Å². The van der Waals surface area contributed by atoms with Gasteiger partial charge in [-0.1, -0.05) is 26.7 Å². The molecule has 0 spiro atoms. The fourth-order valence-electron chi connectivity index (χ4n) is 3.54. The van der Waals surface area contributed by atoms with Crippen molar-refractivity contribution in [3.05, 3.63) is 23.8 Å². The summed E-state index contributed by atoms with van der Waals surface area (Å²) in [5, 5.41) is 2.78. The van der Waals surface area contributed by atoms with Crippen LogP contribution >= 0.6 is 0 Å². The molecule has 0 bridgehead atoms. The second-order valence-corrected chi connectivity index (χ2v) is 8.58. The Bertz CT molecular complexity index is 715. The maximum absolute atomic E-state index is 12.7. The first-order valence-corrected chi connectivity index (χ1v) is 9.80. The predicted octanol–water partition coefficient (Wildman–Crippen LogP) is 2.67. The number of benzene rings is 1. The van der Waals surface area contributed by atoms with Crippen molar-refractivity contribution < 1.29 is 13.2 Å². The number of sulfonamides is 1. The van der Waals surface area contributed by atoms with Gasteiger partial charge in [0.25, 0.3) is 0 Å². The maximum Gasteiger partial charge on any atom is 0.240 e. The molecule has 1 amide bonds. The number of hydrogen-bond donors (Lipinski definition) is 2. The minimum Gasteiger partial charge on any atom is -0.326 e. The largest absolute Gasteiger partial charge is 0.326 e. The molecule has 3 rings (SSSR count). The van der Waals surface area contributed by atoms with Crippen molar-refractivity contribution in [3.8, 4) is 0 Å². The average molecular weight is 336 g/mol. The highest BCUT2D eigenvalue weighted by atomic mass is 32.2. The van der Waals surface area contributed by atoms with Gasteiger partial charge in [0.05, 0.1) is 4.90 Å². The summed E-state index contributed by atoms with van der Waals surface area (Å²) in [6, 6.07) is 4.95. The molecule has 0 saturated heterocycles. The number of amides is 1. The van der Waals surface area contributed by atoms with Gasteiger partial charge < -0.3 is 5.32 Å². The lowest BCUT2D eigenvalue weighted by Gasteiger charge is -2.34. The minimum atomic E-state index is -3.53. The van der Waals surface area contributed by atoms with Gasteiger partial charge in [0.15, 0.2) is 0 Å². The molecule has 1 aromatic carbocycles. The summed E-state index contributed by atoms with van der Waals surface area (Å²) >= 11 is 0. The summed E-state index contributed by atoms with van der Waals surface area (Å²) in [6.07, 6.45) is 4.11. The molecular weight excluding hydrogens is 312 g/mol. The zero-order valence-electron chi connectivity index (χ0n) is 13.6. The first-order valence-electron chi connectivity index (χ1n) is 8.32. The molecule has 0 aromatic heterocycles. The van der Waals surface area contributed by atoms with Crippen LogP contribution in [0.2, 0.25) is 0 Å². The topological polar surface area (TPSA) is 75.3 Å². The van der Waals surface area contributed by atoms with Gasteiger partial charge in [-0.05, 0) is 48.4 Å². The zero-order valence-corrected chi connectivity index (χ0v) is 14.4. The summed E-state index contributed by atoms with van der Waals surface area (Å²) in [6.45, 7) is 4.31. The normalized spacial score (nSPS) is 28.1. The molecule has 1 fully saturated rings. The molecule has 6 heteroatoms. The predicted molar refractivity (Wildman–Crippen MR) is 89.7 cm³/mol. The number of nitrogens with one attached hydrogen (secondary N) is 2. The van der Waals surface area contributed by atoms with E-state index in [0.717, 1.165) is 30.5 Å². The number of aryl methyl sites for hydroxylation is 1. The van der Waals surface area contributed by atoms with Gasteiger partial charge in [0.2, 0.25) is 15.9 Å². The number of carbonyl (C=O) groups excluding carboxylic acids is 1. The van der Waals surface area contributed by atoms with Crippen LogP contribution in [-0.4, -0.2) is 20.4 Å². The second-order valence-electron chi connectivity index (χ2n) is 6.86. The molecule has 1 saturated carbocycles. The standard InChI is InChI=1S/C17H24N2O3S/c1-11-4-3-5-15(12(11)2)19-23(21,22)14-7-8-16-13(10-14)6-9-17(20)18-16/h7-8,10-12,15,19H,3-6,9H2,1-2H3,(H,18,20)/t11-,12-,15+/m1/s1. The monoisotopic (exact) mass is 336 g/mol. The highest BCUT2D eigenvalue weighted by molar-refractivity contribution is 7.89. The molecular formula is C17H24N2O3S. The SMILES string of the molecule is C[C@@H]1[C@H](C)CCC[C@@H]1NS(=O)(=O)c1ccc2c(c1)CCC(=O)N2. The van der Waals surface area contributed by atoms with Crippen molar-refractivity contribution in [3.63, 3.8) is 0 Å². The Hall–Kier alpha value is -1.40. The fourth-order valence-corrected chi connectivity index (χ4v) is 4.95. The van der Waals surface area contributed by atoms with Gasteiger partial charge in [-0.3, -0.25) is 4.79 Å². The van der Waals surface area contributed by atoms with Gasteiger partial charge in [-0.25, -0.2) is 13.1 Å². The molecule has 0 unspecified atom stereocenters. The third-order valence-electron chi connectivity index (χ3n) is 5.30. The molecule has 1 aliphatic heterocycles. The van der Waals surface area contributed by atoms with Gasteiger partial charge in [0.1, 0.15) is 0 Å². The molecule has 126 valence electrons. The summed E-state index contributed by atoms with van der Waals surface area (Å²) in [5.41, 5.74) is 1.61. The Labute approximate surface area is 137 Å². The number of carbonyl (C=O) groups is 1. The van der Waals surface area contributed by atoms with Gasteiger partial charge in [-0.2, -0.15) is 0 Å². The highest BCUT2D eigenvalue weighted by Gasteiger charge is 2.31. The summed E-state index contributed by atoms with van der Waals surface area (Å²) in [7, 11) is -3.53. The van der Waals surface area contributed by atoms with Crippen LogP contribution in [0.15, 0.2) is 23.1 Å². The maximum atomic E-state index is 12.7.